The number of hydrogen-bond donors (Lipinski definition) is 0. The van der Waals surface area contributed by atoms with E-state index in [4.69, 9.17) is 16.3 Å². The largest absolute Gasteiger partial charge is 0.370 e. The van der Waals surface area contributed by atoms with E-state index in [-0.39, 0.29) is 11.1 Å². The van der Waals surface area contributed by atoms with Crippen LogP contribution in [-0.4, -0.2) is 29.7 Å². The molecule has 1 aliphatic rings. The molecule has 0 saturated carbocycles. The number of benzene rings is 1. The van der Waals surface area contributed by atoms with E-state index in [0.29, 0.717) is 13.2 Å². The summed E-state index contributed by atoms with van der Waals surface area (Å²) < 4.78 is 19.1. The number of aryl methyl sites for hydroxylation is 2. The molecule has 0 amide bonds. The van der Waals surface area contributed by atoms with Gasteiger partial charge in [0.1, 0.15) is 11.9 Å². The lowest BCUT2D eigenvalue weighted by Gasteiger charge is -2.34. The van der Waals surface area contributed by atoms with E-state index in [1.54, 1.807) is 18.3 Å². The van der Waals surface area contributed by atoms with Crippen LogP contribution in [0.4, 0.5) is 10.2 Å². The Morgan fingerprint density at radius 2 is 2.18 bits per heavy atom. The van der Waals surface area contributed by atoms with E-state index in [2.05, 4.69) is 14.9 Å². The van der Waals surface area contributed by atoms with E-state index in [9.17, 15) is 4.39 Å². The Morgan fingerprint density at radius 1 is 1.36 bits per heavy atom. The van der Waals surface area contributed by atoms with Crippen LogP contribution >= 0.6 is 11.6 Å². The fraction of sp³-hybridized carbons (Fsp3) is 0.375. The standard InChI is InChI=1S/C16H17ClFN3O/c1-10-8-19-11(2)16(20-10)21-5-6-22-15(9-21)12-3-4-14(18)13(17)7-12/h3-4,7-8,15H,5-6,9H2,1-2H3. The number of hydrogen-bond acceptors (Lipinski definition) is 4. The molecule has 1 aromatic heterocycles. The number of halogens is 2. The van der Waals surface area contributed by atoms with Crippen LogP contribution in [-0.2, 0) is 4.74 Å². The number of rotatable bonds is 2. The van der Waals surface area contributed by atoms with E-state index in [1.807, 2.05) is 13.8 Å². The van der Waals surface area contributed by atoms with Crippen molar-refractivity contribution < 1.29 is 9.13 Å². The predicted molar refractivity (Wildman–Crippen MR) is 83.8 cm³/mol. The average molecular weight is 322 g/mol. The van der Waals surface area contributed by atoms with Gasteiger partial charge in [0.15, 0.2) is 5.82 Å². The molecule has 22 heavy (non-hydrogen) atoms. The molecule has 1 aliphatic heterocycles. The summed E-state index contributed by atoms with van der Waals surface area (Å²) in [6.07, 6.45) is 1.60. The van der Waals surface area contributed by atoms with Crippen LogP contribution in [0, 0.1) is 19.7 Å². The van der Waals surface area contributed by atoms with Gasteiger partial charge in [0, 0.05) is 19.3 Å². The zero-order chi connectivity index (χ0) is 15.7. The molecular weight excluding hydrogens is 305 g/mol. The maximum absolute atomic E-state index is 13.3. The van der Waals surface area contributed by atoms with Gasteiger partial charge in [-0.05, 0) is 31.5 Å². The van der Waals surface area contributed by atoms with Crippen molar-refractivity contribution in [1.29, 1.82) is 0 Å². The van der Waals surface area contributed by atoms with E-state index in [1.165, 1.54) is 6.07 Å². The first-order valence-corrected chi connectivity index (χ1v) is 7.54. The van der Waals surface area contributed by atoms with Crippen molar-refractivity contribution in [3.63, 3.8) is 0 Å². The van der Waals surface area contributed by atoms with Crippen molar-refractivity contribution in [2.24, 2.45) is 0 Å². The second kappa shape index (κ2) is 6.18. The van der Waals surface area contributed by atoms with E-state index in [0.717, 1.165) is 29.3 Å². The molecule has 1 unspecified atom stereocenters. The predicted octanol–water partition coefficient (Wildman–Crippen LogP) is 3.46. The first-order valence-electron chi connectivity index (χ1n) is 7.16. The summed E-state index contributed by atoms with van der Waals surface area (Å²) in [6, 6.07) is 4.71. The van der Waals surface area contributed by atoms with Gasteiger partial charge in [0.05, 0.1) is 23.0 Å². The third kappa shape index (κ3) is 3.05. The molecule has 3 rings (SSSR count). The molecule has 0 spiro atoms. The molecule has 1 atom stereocenters. The van der Waals surface area contributed by atoms with Crippen LogP contribution in [0.15, 0.2) is 24.4 Å². The Labute approximate surface area is 133 Å². The number of aromatic nitrogens is 2. The summed E-state index contributed by atoms with van der Waals surface area (Å²) >= 11 is 5.87. The molecule has 0 bridgehead atoms. The van der Waals surface area contributed by atoms with Gasteiger partial charge < -0.3 is 9.64 Å². The van der Waals surface area contributed by atoms with Crippen molar-refractivity contribution in [2.75, 3.05) is 24.6 Å². The molecule has 1 saturated heterocycles. The van der Waals surface area contributed by atoms with Gasteiger partial charge in [-0.1, -0.05) is 17.7 Å². The maximum atomic E-state index is 13.3. The highest BCUT2D eigenvalue weighted by atomic mass is 35.5. The van der Waals surface area contributed by atoms with Gasteiger partial charge in [-0.3, -0.25) is 4.98 Å². The van der Waals surface area contributed by atoms with Crippen molar-refractivity contribution in [3.8, 4) is 0 Å². The van der Waals surface area contributed by atoms with Crippen LogP contribution in [0.1, 0.15) is 23.1 Å². The summed E-state index contributed by atoms with van der Waals surface area (Å²) in [5, 5.41) is 0.116. The average Bonchev–Trinajstić information content (AvgIpc) is 2.52. The number of anilines is 1. The van der Waals surface area contributed by atoms with Gasteiger partial charge >= 0.3 is 0 Å². The lowest BCUT2D eigenvalue weighted by molar-refractivity contribution is 0.0394. The molecule has 2 aromatic rings. The van der Waals surface area contributed by atoms with Crippen molar-refractivity contribution in [2.45, 2.75) is 20.0 Å². The normalized spacial score (nSPS) is 18.5. The molecular formula is C16H17ClFN3O. The number of nitrogens with zero attached hydrogens (tertiary/aromatic N) is 3. The Kier molecular flexibility index (Phi) is 4.27. The zero-order valence-electron chi connectivity index (χ0n) is 12.5. The van der Waals surface area contributed by atoms with E-state index >= 15 is 0 Å². The molecule has 0 aliphatic carbocycles. The minimum atomic E-state index is -0.418. The second-order valence-electron chi connectivity index (χ2n) is 5.40. The highest BCUT2D eigenvalue weighted by molar-refractivity contribution is 6.30. The molecule has 1 fully saturated rings. The van der Waals surface area contributed by atoms with Gasteiger partial charge in [-0.15, -0.1) is 0 Å². The molecule has 0 N–H and O–H groups in total. The summed E-state index contributed by atoms with van der Waals surface area (Å²) in [4.78, 5) is 11.1. The van der Waals surface area contributed by atoms with Gasteiger partial charge in [0.2, 0.25) is 0 Å². The molecule has 2 heterocycles. The van der Waals surface area contributed by atoms with Crippen LogP contribution in [0.5, 0.6) is 0 Å². The summed E-state index contributed by atoms with van der Waals surface area (Å²) in [7, 11) is 0. The lowest BCUT2D eigenvalue weighted by Crippen LogP contribution is -2.39. The Morgan fingerprint density at radius 3 is 2.95 bits per heavy atom. The third-order valence-corrected chi connectivity index (χ3v) is 4.02. The monoisotopic (exact) mass is 321 g/mol. The van der Waals surface area contributed by atoms with E-state index < -0.39 is 5.82 Å². The fourth-order valence-corrected chi connectivity index (χ4v) is 2.77. The smallest absolute Gasteiger partial charge is 0.150 e. The summed E-state index contributed by atoms with van der Waals surface area (Å²) in [6.45, 7) is 5.84. The first-order chi connectivity index (χ1) is 10.5. The summed E-state index contributed by atoms with van der Waals surface area (Å²) in [5.74, 6) is 0.458. The van der Waals surface area contributed by atoms with Gasteiger partial charge in [-0.25, -0.2) is 9.37 Å². The Hall–Kier alpha value is -1.72. The van der Waals surface area contributed by atoms with Crippen molar-refractivity contribution >= 4 is 17.4 Å². The SMILES string of the molecule is Cc1cnc(C)c(N2CCOC(c3ccc(F)c(Cl)c3)C2)n1. The lowest BCUT2D eigenvalue weighted by atomic mass is 10.1. The first kappa shape index (κ1) is 15.2. The van der Waals surface area contributed by atoms with Crippen molar-refractivity contribution in [1.82, 2.24) is 9.97 Å². The maximum Gasteiger partial charge on any atom is 0.150 e. The minimum Gasteiger partial charge on any atom is -0.370 e. The highest BCUT2D eigenvalue weighted by Crippen LogP contribution is 2.28. The molecule has 1 aromatic carbocycles. The van der Waals surface area contributed by atoms with Crippen LogP contribution in [0.2, 0.25) is 5.02 Å². The van der Waals surface area contributed by atoms with Crippen LogP contribution < -0.4 is 4.90 Å². The molecule has 6 heteroatoms. The highest BCUT2D eigenvalue weighted by Gasteiger charge is 2.25. The van der Waals surface area contributed by atoms with Crippen LogP contribution in [0.25, 0.3) is 0 Å². The molecule has 0 radical (unpaired) electrons. The van der Waals surface area contributed by atoms with Gasteiger partial charge in [0.25, 0.3) is 0 Å². The Balaban J connectivity index is 1.84. The van der Waals surface area contributed by atoms with Crippen molar-refractivity contribution in [3.05, 3.63) is 52.2 Å². The minimum absolute atomic E-state index is 0.116. The molecule has 4 nitrogen and oxygen atoms in total. The van der Waals surface area contributed by atoms with Gasteiger partial charge in [-0.2, -0.15) is 0 Å². The second-order valence-corrected chi connectivity index (χ2v) is 5.81. The topological polar surface area (TPSA) is 38.2 Å². The van der Waals surface area contributed by atoms with Crippen LogP contribution in [0.3, 0.4) is 0 Å². The molecule has 116 valence electrons. The zero-order valence-corrected chi connectivity index (χ0v) is 13.3. The third-order valence-electron chi connectivity index (χ3n) is 3.73. The summed E-state index contributed by atoms with van der Waals surface area (Å²) in [5.41, 5.74) is 2.64. The number of morpholine rings is 1. The Bertz CT molecular complexity index is 695. The number of ether oxygens (including phenoxy) is 1. The fourth-order valence-electron chi connectivity index (χ4n) is 2.58. The quantitative estimate of drug-likeness (QED) is 0.849.